The molecule has 196 valence electrons. The first kappa shape index (κ1) is 25.9. The van der Waals surface area contributed by atoms with Gasteiger partial charge in [-0.25, -0.2) is 9.78 Å². The number of H-pyrrole nitrogens is 2. The van der Waals surface area contributed by atoms with Crippen LogP contribution in [0.3, 0.4) is 0 Å². The topological polar surface area (TPSA) is 171 Å². The Labute approximate surface area is 213 Å². The molecule has 2 aromatic heterocycles. The summed E-state index contributed by atoms with van der Waals surface area (Å²) in [5.74, 6) is -0.680. The van der Waals surface area contributed by atoms with Gasteiger partial charge in [0.25, 0.3) is 11.8 Å². The lowest BCUT2D eigenvalue weighted by atomic mass is 10.1. The number of rotatable bonds is 7. The predicted octanol–water partition coefficient (Wildman–Crippen LogP) is 4.05. The van der Waals surface area contributed by atoms with Gasteiger partial charge in [-0.2, -0.15) is 18.3 Å². The van der Waals surface area contributed by atoms with Crippen molar-refractivity contribution in [3.8, 4) is 0 Å². The zero-order valence-electron chi connectivity index (χ0n) is 19.7. The zero-order valence-corrected chi connectivity index (χ0v) is 19.7. The Hall–Kier alpha value is -5.14. The van der Waals surface area contributed by atoms with Crippen molar-refractivity contribution >= 4 is 35.2 Å². The summed E-state index contributed by atoms with van der Waals surface area (Å²) >= 11 is 0. The highest BCUT2D eigenvalue weighted by atomic mass is 19.4. The van der Waals surface area contributed by atoms with Gasteiger partial charge in [0.2, 0.25) is 0 Å². The van der Waals surface area contributed by atoms with Gasteiger partial charge >= 0.3 is 12.2 Å². The van der Waals surface area contributed by atoms with Gasteiger partial charge in [-0.3, -0.25) is 20.0 Å². The summed E-state index contributed by atoms with van der Waals surface area (Å²) in [7, 11) is 0. The highest BCUT2D eigenvalue weighted by Gasteiger charge is 2.30. The van der Waals surface area contributed by atoms with Crippen molar-refractivity contribution in [3.05, 3.63) is 88.5 Å². The van der Waals surface area contributed by atoms with Crippen LogP contribution in [0.25, 0.3) is 0 Å². The van der Waals surface area contributed by atoms with E-state index in [0.717, 1.165) is 35.5 Å². The van der Waals surface area contributed by atoms with Crippen LogP contribution in [-0.2, 0) is 12.6 Å². The fourth-order valence-corrected chi connectivity index (χ4v) is 3.43. The third-order valence-corrected chi connectivity index (χ3v) is 5.24. The summed E-state index contributed by atoms with van der Waals surface area (Å²) in [4.78, 5) is 43.5. The number of nitrogens with zero attached hydrogens (tertiary/aromatic N) is 2. The van der Waals surface area contributed by atoms with E-state index in [1.807, 2.05) is 6.92 Å². The number of primary amides is 1. The standard InChI is InChI=1S/C24H21F3N8O3/c1-12-10-18(35-34-12)32-22(37)14-4-2-13(3-5-14)11-17-30-19(20(28)36)21(31-17)33-23(38)29-16-8-6-15(7-9-16)24(25,26)27/h2-10H,11H2,1H3,(H2,28,36)(H,30,31)(H2,29,33,38)(H2,32,34,35,37). The molecule has 0 fully saturated rings. The minimum Gasteiger partial charge on any atom is -0.364 e. The molecule has 2 aromatic carbocycles. The summed E-state index contributed by atoms with van der Waals surface area (Å²) in [6.45, 7) is 1.81. The number of imidazole rings is 1. The first-order valence-corrected chi connectivity index (χ1v) is 11.0. The second-order valence-corrected chi connectivity index (χ2v) is 8.19. The number of nitrogens with two attached hydrogens (primary N) is 1. The second-order valence-electron chi connectivity index (χ2n) is 8.19. The summed E-state index contributed by atoms with van der Waals surface area (Å²) in [6.07, 6.45) is -4.29. The maximum atomic E-state index is 12.7. The summed E-state index contributed by atoms with van der Waals surface area (Å²) in [6, 6.07) is 11.3. The Morgan fingerprint density at radius 3 is 2.24 bits per heavy atom. The zero-order chi connectivity index (χ0) is 27.4. The number of urea groups is 1. The molecule has 4 aromatic rings. The van der Waals surface area contributed by atoms with E-state index in [4.69, 9.17) is 5.73 Å². The van der Waals surface area contributed by atoms with Crippen LogP contribution < -0.4 is 21.7 Å². The molecule has 0 saturated carbocycles. The highest BCUT2D eigenvalue weighted by molar-refractivity contribution is 6.04. The SMILES string of the molecule is Cc1cc(NC(=O)c2ccc(Cc3nc(NC(=O)Nc4ccc(C(F)(F)F)cc4)c(C(N)=O)[nH]3)cc2)n[nH]1. The number of benzene rings is 2. The Kier molecular flexibility index (Phi) is 7.14. The van der Waals surface area contributed by atoms with E-state index >= 15 is 0 Å². The number of nitrogens with one attached hydrogen (secondary N) is 5. The van der Waals surface area contributed by atoms with E-state index in [-0.39, 0.29) is 29.5 Å². The number of alkyl halides is 3. The molecule has 7 N–H and O–H groups in total. The smallest absolute Gasteiger partial charge is 0.364 e. The molecule has 0 saturated heterocycles. The maximum Gasteiger partial charge on any atom is 0.416 e. The number of amides is 4. The molecule has 0 aliphatic carbocycles. The Morgan fingerprint density at radius 2 is 1.66 bits per heavy atom. The molecule has 0 bridgehead atoms. The number of aromatic amines is 2. The lowest BCUT2D eigenvalue weighted by Gasteiger charge is -2.09. The van der Waals surface area contributed by atoms with Gasteiger partial charge in [-0.1, -0.05) is 12.1 Å². The van der Waals surface area contributed by atoms with E-state index < -0.39 is 23.7 Å². The molecule has 14 heteroatoms. The van der Waals surface area contributed by atoms with Crippen molar-refractivity contribution in [3.63, 3.8) is 0 Å². The molecule has 2 heterocycles. The fourth-order valence-electron chi connectivity index (χ4n) is 3.43. The minimum absolute atomic E-state index is 0.0958. The number of carbonyl (C=O) groups excluding carboxylic acids is 3. The van der Waals surface area contributed by atoms with Crippen LogP contribution in [0.1, 0.15) is 43.5 Å². The number of aromatic nitrogens is 4. The minimum atomic E-state index is -4.51. The van der Waals surface area contributed by atoms with Crippen LogP contribution in [0.4, 0.5) is 35.3 Å². The van der Waals surface area contributed by atoms with Crippen molar-refractivity contribution in [2.75, 3.05) is 16.0 Å². The molecule has 0 spiro atoms. The third-order valence-electron chi connectivity index (χ3n) is 5.24. The Balaban J connectivity index is 1.40. The van der Waals surface area contributed by atoms with Crippen LogP contribution >= 0.6 is 0 Å². The second kappa shape index (κ2) is 10.5. The Morgan fingerprint density at radius 1 is 0.974 bits per heavy atom. The van der Waals surface area contributed by atoms with E-state index in [1.54, 1.807) is 30.3 Å². The van der Waals surface area contributed by atoms with Crippen LogP contribution in [0.15, 0.2) is 54.6 Å². The molecule has 0 atom stereocenters. The normalized spacial score (nSPS) is 11.2. The molecule has 4 rings (SSSR count). The van der Waals surface area contributed by atoms with Gasteiger partial charge < -0.3 is 21.4 Å². The largest absolute Gasteiger partial charge is 0.416 e. The number of anilines is 3. The average molecular weight is 526 g/mol. The molecule has 11 nitrogen and oxygen atoms in total. The number of hydrogen-bond acceptors (Lipinski definition) is 5. The lowest BCUT2D eigenvalue weighted by Crippen LogP contribution is -2.22. The van der Waals surface area contributed by atoms with Crippen molar-refractivity contribution in [1.82, 2.24) is 20.2 Å². The highest BCUT2D eigenvalue weighted by Crippen LogP contribution is 2.29. The summed E-state index contributed by atoms with van der Waals surface area (Å²) in [5, 5.41) is 14.1. The van der Waals surface area contributed by atoms with Gasteiger partial charge in [-0.05, 0) is 48.9 Å². The van der Waals surface area contributed by atoms with Gasteiger partial charge in [-0.15, -0.1) is 0 Å². The Bertz CT molecular complexity index is 1480. The van der Waals surface area contributed by atoms with E-state index in [0.29, 0.717) is 17.2 Å². The van der Waals surface area contributed by atoms with Crippen LogP contribution in [-0.4, -0.2) is 38.0 Å². The maximum absolute atomic E-state index is 12.7. The molecular formula is C24H21F3N8O3. The van der Waals surface area contributed by atoms with Gasteiger partial charge in [0.05, 0.1) is 5.56 Å². The van der Waals surface area contributed by atoms with Crippen molar-refractivity contribution in [2.24, 2.45) is 5.73 Å². The number of hydrogen-bond donors (Lipinski definition) is 6. The first-order valence-electron chi connectivity index (χ1n) is 11.0. The van der Waals surface area contributed by atoms with Crippen LogP contribution in [0.2, 0.25) is 0 Å². The third kappa shape index (κ3) is 6.34. The fraction of sp³-hybridized carbons (Fsp3) is 0.125. The predicted molar refractivity (Wildman–Crippen MR) is 132 cm³/mol. The van der Waals surface area contributed by atoms with Crippen molar-refractivity contribution in [1.29, 1.82) is 0 Å². The van der Waals surface area contributed by atoms with Crippen molar-refractivity contribution in [2.45, 2.75) is 19.5 Å². The quantitative estimate of drug-likeness (QED) is 0.213. The number of halogens is 3. The molecule has 4 amide bonds. The first-order chi connectivity index (χ1) is 18.0. The van der Waals surface area contributed by atoms with Gasteiger partial charge in [0, 0.05) is 29.4 Å². The van der Waals surface area contributed by atoms with E-state index in [1.165, 1.54) is 0 Å². The van der Waals surface area contributed by atoms with Crippen LogP contribution in [0.5, 0.6) is 0 Å². The van der Waals surface area contributed by atoms with E-state index in [9.17, 15) is 27.6 Å². The van der Waals surface area contributed by atoms with Crippen LogP contribution in [0, 0.1) is 6.92 Å². The molecule has 0 unspecified atom stereocenters. The molecular weight excluding hydrogens is 505 g/mol. The molecule has 0 aliphatic heterocycles. The molecule has 38 heavy (non-hydrogen) atoms. The monoisotopic (exact) mass is 526 g/mol. The van der Waals surface area contributed by atoms with Gasteiger partial charge in [0.15, 0.2) is 11.6 Å². The van der Waals surface area contributed by atoms with E-state index in [2.05, 4.69) is 36.1 Å². The number of carbonyl (C=O) groups is 3. The average Bonchev–Trinajstić information content (AvgIpc) is 3.44. The molecule has 0 aliphatic rings. The van der Waals surface area contributed by atoms with Gasteiger partial charge in [0.1, 0.15) is 11.5 Å². The van der Waals surface area contributed by atoms with Crippen molar-refractivity contribution < 1.29 is 27.6 Å². The molecule has 0 radical (unpaired) electrons. The number of aryl methyl sites for hydroxylation is 1. The summed E-state index contributed by atoms with van der Waals surface area (Å²) in [5.41, 5.74) is 6.40. The summed E-state index contributed by atoms with van der Waals surface area (Å²) < 4.78 is 38.1. The lowest BCUT2D eigenvalue weighted by molar-refractivity contribution is -0.137.